The molecule has 3 nitrogen and oxygen atoms in total. The summed E-state index contributed by atoms with van der Waals surface area (Å²) in [5.74, 6) is 3.80. The lowest BCUT2D eigenvalue weighted by Gasteiger charge is -2.32. The van der Waals surface area contributed by atoms with Gasteiger partial charge in [0.15, 0.2) is 11.6 Å². The van der Waals surface area contributed by atoms with Crippen molar-refractivity contribution in [2.75, 3.05) is 6.61 Å². The van der Waals surface area contributed by atoms with Gasteiger partial charge in [-0.1, -0.05) is 36.4 Å². The molecule has 2 aromatic rings. The van der Waals surface area contributed by atoms with Crippen molar-refractivity contribution in [2.45, 2.75) is 18.6 Å². The number of nitrogens with two attached hydrogens (primary N) is 1. The Morgan fingerprint density at radius 1 is 1.14 bits per heavy atom. The van der Waals surface area contributed by atoms with Crippen LogP contribution in [0.1, 0.15) is 28.8 Å². The first-order valence-corrected chi connectivity index (χ1v) is 6.82. The van der Waals surface area contributed by atoms with E-state index in [0.29, 0.717) is 6.61 Å². The maximum Gasteiger partial charge on any atom is 0.163 e. The minimum absolute atomic E-state index is 0.166. The number of hydrazine groups is 1. The summed E-state index contributed by atoms with van der Waals surface area (Å²) in [4.78, 5) is 0. The van der Waals surface area contributed by atoms with Crippen LogP contribution in [0, 0.1) is 11.6 Å². The van der Waals surface area contributed by atoms with Gasteiger partial charge in [-0.15, -0.1) is 0 Å². The van der Waals surface area contributed by atoms with Crippen LogP contribution in [0.25, 0.3) is 0 Å². The fourth-order valence-electron chi connectivity index (χ4n) is 2.80. The Labute approximate surface area is 121 Å². The van der Waals surface area contributed by atoms with Crippen LogP contribution in [-0.2, 0) is 11.2 Å². The molecule has 5 heteroatoms. The third-order valence-electron chi connectivity index (χ3n) is 3.83. The summed E-state index contributed by atoms with van der Waals surface area (Å²) in [5, 5.41) is 0. The molecular weight excluding hydrogens is 274 g/mol. The molecule has 2 unspecified atom stereocenters. The van der Waals surface area contributed by atoms with Crippen LogP contribution in [0.15, 0.2) is 42.5 Å². The summed E-state index contributed by atoms with van der Waals surface area (Å²) in [5.41, 5.74) is 4.83. The first-order valence-electron chi connectivity index (χ1n) is 6.82. The van der Waals surface area contributed by atoms with Gasteiger partial charge in [0.2, 0.25) is 0 Å². The van der Waals surface area contributed by atoms with E-state index in [1.54, 1.807) is 0 Å². The van der Waals surface area contributed by atoms with Gasteiger partial charge in [-0.2, -0.15) is 0 Å². The van der Waals surface area contributed by atoms with Gasteiger partial charge in [0.05, 0.1) is 12.6 Å². The lowest BCUT2D eigenvalue weighted by molar-refractivity contribution is 0.0137. The number of hydrogen-bond donors (Lipinski definition) is 2. The molecular formula is C16H16F2N2O. The van der Waals surface area contributed by atoms with E-state index in [2.05, 4.69) is 5.43 Å². The molecule has 2 atom stereocenters. The summed E-state index contributed by atoms with van der Waals surface area (Å²) < 4.78 is 33.3. The first kappa shape index (κ1) is 14.1. The minimum Gasteiger partial charge on any atom is -0.371 e. The second-order valence-electron chi connectivity index (χ2n) is 5.03. The molecule has 2 aromatic carbocycles. The molecule has 0 saturated heterocycles. The molecule has 0 amide bonds. The van der Waals surface area contributed by atoms with E-state index in [9.17, 15) is 8.78 Å². The SMILES string of the molecule is NNC(c1cccc(F)c1F)C1OCCc2ccccc21. The van der Waals surface area contributed by atoms with Crippen LogP contribution >= 0.6 is 0 Å². The van der Waals surface area contributed by atoms with Crippen LogP contribution < -0.4 is 11.3 Å². The number of benzene rings is 2. The van der Waals surface area contributed by atoms with E-state index in [-0.39, 0.29) is 5.56 Å². The third kappa shape index (κ3) is 2.55. The van der Waals surface area contributed by atoms with Gasteiger partial charge in [-0.3, -0.25) is 5.84 Å². The van der Waals surface area contributed by atoms with Crippen LogP contribution in [0.3, 0.4) is 0 Å². The van der Waals surface area contributed by atoms with Crippen molar-refractivity contribution in [3.63, 3.8) is 0 Å². The molecule has 110 valence electrons. The highest BCUT2D eigenvalue weighted by molar-refractivity contribution is 5.35. The maximum atomic E-state index is 14.0. The normalized spacial score (nSPS) is 19.1. The molecule has 3 rings (SSSR count). The molecule has 3 N–H and O–H groups in total. The minimum atomic E-state index is -0.896. The van der Waals surface area contributed by atoms with Crippen molar-refractivity contribution >= 4 is 0 Å². The third-order valence-corrected chi connectivity index (χ3v) is 3.83. The zero-order valence-corrected chi connectivity index (χ0v) is 11.4. The predicted octanol–water partition coefficient (Wildman–Crippen LogP) is 2.78. The molecule has 0 radical (unpaired) electrons. The smallest absolute Gasteiger partial charge is 0.163 e. The average molecular weight is 290 g/mol. The molecule has 0 saturated carbocycles. The first-order chi connectivity index (χ1) is 10.2. The number of halogens is 2. The highest BCUT2D eigenvalue weighted by Gasteiger charge is 2.31. The lowest BCUT2D eigenvalue weighted by Crippen LogP contribution is -2.36. The molecule has 1 aliphatic heterocycles. The quantitative estimate of drug-likeness (QED) is 0.675. The summed E-state index contributed by atoms with van der Waals surface area (Å²) in [6.07, 6.45) is 0.353. The van der Waals surface area contributed by atoms with Gasteiger partial charge < -0.3 is 4.74 Å². The Bertz CT molecular complexity index is 648. The van der Waals surface area contributed by atoms with Crippen molar-refractivity contribution in [3.05, 3.63) is 70.8 Å². The van der Waals surface area contributed by atoms with E-state index in [0.717, 1.165) is 23.6 Å². The van der Waals surface area contributed by atoms with Crippen molar-refractivity contribution < 1.29 is 13.5 Å². The number of fused-ring (bicyclic) bond motifs is 1. The molecule has 1 aliphatic rings. The average Bonchev–Trinajstić information content (AvgIpc) is 2.52. The number of ether oxygens (including phenoxy) is 1. The van der Waals surface area contributed by atoms with Crippen molar-refractivity contribution in [1.82, 2.24) is 5.43 Å². The van der Waals surface area contributed by atoms with Crippen LogP contribution in [-0.4, -0.2) is 6.61 Å². The summed E-state index contributed by atoms with van der Waals surface area (Å²) in [7, 11) is 0. The fraction of sp³-hybridized carbons (Fsp3) is 0.250. The van der Waals surface area contributed by atoms with Crippen LogP contribution in [0.4, 0.5) is 8.78 Å². The molecule has 21 heavy (non-hydrogen) atoms. The molecule has 0 bridgehead atoms. The van der Waals surface area contributed by atoms with E-state index in [4.69, 9.17) is 10.6 Å². The molecule has 0 fully saturated rings. The predicted molar refractivity (Wildman–Crippen MR) is 75.3 cm³/mol. The zero-order chi connectivity index (χ0) is 14.8. The van der Waals surface area contributed by atoms with Gasteiger partial charge in [0, 0.05) is 5.56 Å². The number of hydrogen-bond acceptors (Lipinski definition) is 3. The Kier molecular flexibility index (Phi) is 3.96. The second kappa shape index (κ2) is 5.89. The van der Waals surface area contributed by atoms with E-state index in [1.807, 2.05) is 24.3 Å². The molecule has 0 spiro atoms. The van der Waals surface area contributed by atoms with Gasteiger partial charge in [0.1, 0.15) is 6.10 Å². The standard InChI is InChI=1S/C16H16F2N2O/c17-13-7-3-6-12(14(13)18)15(20-19)16-11-5-2-1-4-10(11)8-9-21-16/h1-7,15-16,20H,8-9,19H2. The second-order valence-corrected chi connectivity index (χ2v) is 5.03. The van der Waals surface area contributed by atoms with E-state index < -0.39 is 23.8 Å². The lowest BCUT2D eigenvalue weighted by atomic mass is 9.90. The van der Waals surface area contributed by atoms with Crippen molar-refractivity contribution in [1.29, 1.82) is 0 Å². The van der Waals surface area contributed by atoms with Crippen molar-refractivity contribution in [2.24, 2.45) is 5.84 Å². The monoisotopic (exact) mass is 290 g/mol. The number of nitrogens with one attached hydrogen (secondary N) is 1. The Hall–Kier alpha value is -1.82. The fourth-order valence-corrected chi connectivity index (χ4v) is 2.80. The van der Waals surface area contributed by atoms with Crippen LogP contribution in [0.5, 0.6) is 0 Å². The molecule has 0 aromatic heterocycles. The van der Waals surface area contributed by atoms with E-state index in [1.165, 1.54) is 12.1 Å². The summed E-state index contributed by atoms with van der Waals surface area (Å²) >= 11 is 0. The van der Waals surface area contributed by atoms with Gasteiger partial charge in [0.25, 0.3) is 0 Å². The summed E-state index contributed by atoms with van der Waals surface area (Å²) in [6.45, 7) is 0.525. The highest BCUT2D eigenvalue weighted by Crippen LogP contribution is 2.37. The van der Waals surface area contributed by atoms with Crippen molar-refractivity contribution in [3.8, 4) is 0 Å². The summed E-state index contributed by atoms with van der Waals surface area (Å²) in [6, 6.07) is 11.2. The maximum absolute atomic E-state index is 14.0. The Balaban J connectivity index is 2.04. The van der Waals surface area contributed by atoms with E-state index >= 15 is 0 Å². The zero-order valence-electron chi connectivity index (χ0n) is 11.4. The van der Waals surface area contributed by atoms with Gasteiger partial charge >= 0.3 is 0 Å². The molecule has 1 heterocycles. The Morgan fingerprint density at radius 2 is 1.95 bits per heavy atom. The van der Waals surface area contributed by atoms with Crippen LogP contribution in [0.2, 0.25) is 0 Å². The topological polar surface area (TPSA) is 47.3 Å². The van der Waals surface area contributed by atoms with Gasteiger partial charge in [-0.05, 0) is 23.6 Å². The largest absolute Gasteiger partial charge is 0.371 e. The van der Waals surface area contributed by atoms with Gasteiger partial charge in [-0.25, -0.2) is 14.2 Å². The molecule has 0 aliphatic carbocycles. The highest BCUT2D eigenvalue weighted by atomic mass is 19.2. The number of rotatable bonds is 3. The Morgan fingerprint density at radius 3 is 2.76 bits per heavy atom.